The van der Waals surface area contributed by atoms with Gasteiger partial charge in [-0.25, -0.2) is 4.79 Å². The maximum absolute atomic E-state index is 13.0. The largest absolute Gasteiger partial charge is 0.481 e. The molecule has 36 heavy (non-hydrogen) atoms. The van der Waals surface area contributed by atoms with Crippen LogP contribution in [-0.2, 0) is 28.8 Å². The Morgan fingerprint density at radius 3 is 1.67 bits per heavy atom. The third-order valence-electron chi connectivity index (χ3n) is 5.09. The van der Waals surface area contributed by atoms with Crippen molar-refractivity contribution in [1.82, 2.24) is 16.0 Å². The minimum Gasteiger partial charge on any atom is -0.481 e. The Bertz CT molecular complexity index is 768. The van der Waals surface area contributed by atoms with Gasteiger partial charge in [-0.2, -0.15) is 11.8 Å². The van der Waals surface area contributed by atoms with Gasteiger partial charge in [0.1, 0.15) is 18.1 Å². The summed E-state index contributed by atoms with van der Waals surface area (Å²) in [5, 5.41) is 34.1. The number of aliphatic carboxylic acids is 3. The van der Waals surface area contributed by atoms with Crippen molar-refractivity contribution < 1.29 is 44.1 Å². The van der Waals surface area contributed by atoms with E-state index in [1.807, 2.05) is 6.26 Å². The van der Waals surface area contributed by atoms with E-state index in [0.29, 0.717) is 31.6 Å². The van der Waals surface area contributed by atoms with Crippen molar-refractivity contribution in [3.8, 4) is 0 Å². The number of nitrogens with two attached hydrogens (primary N) is 2. The number of unbranched alkanes of at least 4 members (excludes halogenated alkanes) is 1. The Kier molecular flexibility index (Phi) is 16.9. The van der Waals surface area contributed by atoms with E-state index in [4.69, 9.17) is 21.7 Å². The lowest BCUT2D eigenvalue weighted by Crippen LogP contribution is -2.57. The average molecular weight is 536 g/mol. The first-order chi connectivity index (χ1) is 16.9. The maximum atomic E-state index is 13.0. The van der Waals surface area contributed by atoms with Crippen LogP contribution in [0.15, 0.2) is 0 Å². The standard InChI is InChI=1S/C21H37N5O9S/c1-36-11-9-12(23)18(31)24-13(4-2-3-10-22)19(32)25-14(5-7-16(27)28)20(33)26-15(21(34)35)6-8-17(29)30/h12-15H,2-11,22-23H2,1H3,(H,24,31)(H,25,32)(H,26,33)(H,27,28)(H,29,30)(H,34,35). The Morgan fingerprint density at radius 1 is 0.722 bits per heavy atom. The van der Waals surface area contributed by atoms with Crippen molar-refractivity contribution in [2.45, 2.75) is 75.5 Å². The molecule has 4 unspecified atom stereocenters. The fourth-order valence-corrected chi connectivity index (χ4v) is 3.51. The van der Waals surface area contributed by atoms with E-state index < -0.39 is 79.1 Å². The van der Waals surface area contributed by atoms with Gasteiger partial charge >= 0.3 is 17.9 Å². The minimum absolute atomic E-state index is 0.174. The topological polar surface area (TPSA) is 251 Å². The molecule has 4 atom stereocenters. The van der Waals surface area contributed by atoms with E-state index in [1.54, 1.807) is 0 Å². The first-order valence-electron chi connectivity index (χ1n) is 11.4. The SMILES string of the molecule is CSCCC(N)C(=O)NC(CCCCN)C(=O)NC(CCC(=O)O)C(=O)NC(CCC(=O)O)C(=O)O. The predicted molar refractivity (Wildman–Crippen MR) is 131 cm³/mol. The van der Waals surface area contributed by atoms with E-state index in [-0.39, 0.29) is 12.8 Å². The molecule has 0 spiro atoms. The summed E-state index contributed by atoms with van der Waals surface area (Å²) in [6.45, 7) is 0.353. The molecule has 0 rings (SSSR count). The van der Waals surface area contributed by atoms with Crippen LogP contribution in [0, 0.1) is 0 Å². The third kappa shape index (κ3) is 14.5. The van der Waals surface area contributed by atoms with Crippen molar-refractivity contribution in [3.63, 3.8) is 0 Å². The predicted octanol–water partition coefficient (Wildman–Crippen LogP) is -1.54. The summed E-state index contributed by atoms with van der Waals surface area (Å²) in [7, 11) is 0. The second-order valence-electron chi connectivity index (χ2n) is 8.06. The monoisotopic (exact) mass is 535 g/mol. The lowest BCUT2D eigenvalue weighted by atomic mass is 10.0. The highest BCUT2D eigenvalue weighted by molar-refractivity contribution is 7.98. The number of hydrogen-bond acceptors (Lipinski definition) is 9. The van der Waals surface area contributed by atoms with Crippen molar-refractivity contribution in [3.05, 3.63) is 0 Å². The molecular weight excluding hydrogens is 498 g/mol. The van der Waals surface area contributed by atoms with E-state index in [1.165, 1.54) is 11.8 Å². The fraction of sp³-hybridized carbons (Fsp3) is 0.714. The normalized spacial score (nSPS) is 14.1. The molecule has 3 amide bonds. The van der Waals surface area contributed by atoms with E-state index in [2.05, 4.69) is 16.0 Å². The number of thioether (sulfide) groups is 1. The van der Waals surface area contributed by atoms with E-state index in [9.17, 15) is 33.9 Å². The maximum Gasteiger partial charge on any atom is 0.326 e. The Morgan fingerprint density at radius 2 is 1.19 bits per heavy atom. The lowest BCUT2D eigenvalue weighted by molar-refractivity contribution is -0.144. The van der Waals surface area contributed by atoms with E-state index in [0.717, 1.165) is 0 Å². The van der Waals surface area contributed by atoms with Crippen LogP contribution >= 0.6 is 11.8 Å². The van der Waals surface area contributed by atoms with Crippen molar-refractivity contribution in [1.29, 1.82) is 0 Å². The molecule has 0 bridgehead atoms. The number of carboxylic acid groups (broad SMARTS) is 3. The highest BCUT2D eigenvalue weighted by atomic mass is 32.2. The summed E-state index contributed by atoms with van der Waals surface area (Å²) in [5.41, 5.74) is 11.4. The number of amides is 3. The summed E-state index contributed by atoms with van der Waals surface area (Å²) in [6.07, 6.45) is 1.60. The molecule has 0 saturated carbocycles. The molecule has 0 aliphatic heterocycles. The second kappa shape index (κ2) is 18.4. The second-order valence-corrected chi connectivity index (χ2v) is 9.04. The van der Waals surface area contributed by atoms with Crippen LogP contribution < -0.4 is 27.4 Å². The molecule has 10 N–H and O–H groups in total. The lowest BCUT2D eigenvalue weighted by Gasteiger charge is -2.25. The summed E-state index contributed by atoms with van der Waals surface area (Å²) in [5.74, 6) is -5.72. The van der Waals surface area contributed by atoms with Crippen LogP contribution in [0.3, 0.4) is 0 Å². The van der Waals surface area contributed by atoms with Gasteiger partial charge in [0.15, 0.2) is 0 Å². The summed E-state index contributed by atoms with van der Waals surface area (Å²) >= 11 is 1.50. The van der Waals surface area contributed by atoms with Gasteiger partial charge < -0.3 is 42.7 Å². The van der Waals surface area contributed by atoms with Gasteiger partial charge in [0.2, 0.25) is 17.7 Å². The van der Waals surface area contributed by atoms with Crippen molar-refractivity contribution in [2.75, 3.05) is 18.6 Å². The zero-order valence-corrected chi connectivity index (χ0v) is 21.1. The van der Waals surface area contributed by atoms with E-state index >= 15 is 0 Å². The van der Waals surface area contributed by atoms with Crippen LogP contribution in [0.25, 0.3) is 0 Å². The first-order valence-corrected chi connectivity index (χ1v) is 12.8. The molecular formula is C21H37N5O9S. The van der Waals surface area contributed by atoms with Crippen molar-refractivity contribution >= 4 is 47.4 Å². The van der Waals surface area contributed by atoms with Gasteiger partial charge in [-0.1, -0.05) is 0 Å². The Hall–Kier alpha value is -2.91. The molecule has 0 aromatic heterocycles. The van der Waals surface area contributed by atoms with Crippen molar-refractivity contribution in [2.24, 2.45) is 11.5 Å². The minimum atomic E-state index is -1.56. The highest BCUT2D eigenvalue weighted by Gasteiger charge is 2.30. The molecule has 0 fully saturated rings. The first kappa shape index (κ1) is 33.1. The van der Waals surface area contributed by atoms with Gasteiger partial charge in [-0.05, 0) is 57.1 Å². The number of carboxylic acids is 3. The van der Waals surface area contributed by atoms with Gasteiger partial charge in [0.05, 0.1) is 6.04 Å². The average Bonchev–Trinajstić information content (AvgIpc) is 2.81. The number of nitrogens with one attached hydrogen (secondary N) is 3. The molecule has 0 aliphatic carbocycles. The smallest absolute Gasteiger partial charge is 0.326 e. The van der Waals surface area contributed by atoms with Crippen LogP contribution in [0.2, 0.25) is 0 Å². The van der Waals surface area contributed by atoms with Gasteiger partial charge in [-0.3, -0.25) is 24.0 Å². The molecule has 0 radical (unpaired) electrons. The quantitative estimate of drug-likeness (QED) is 0.0826. The summed E-state index contributed by atoms with van der Waals surface area (Å²) in [6, 6.07) is -4.96. The number of hydrogen-bond donors (Lipinski definition) is 8. The molecule has 0 aromatic carbocycles. The molecule has 206 valence electrons. The zero-order chi connectivity index (χ0) is 27.7. The Balaban J connectivity index is 5.55. The molecule has 0 aromatic rings. The van der Waals surface area contributed by atoms with Crippen LogP contribution in [0.4, 0.5) is 0 Å². The fourth-order valence-electron chi connectivity index (χ4n) is 3.02. The molecule has 15 heteroatoms. The Labute approximate surface area is 213 Å². The highest BCUT2D eigenvalue weighted by Crippen LogP contribution is 2.07. The summed E-state index contributed by atoms with van der Waals surface area (Å²) < 4.78 is 0. The number of carbonyl (C=O) groups is 6. The third-order valence-corrected chi connectivity index (χ3v) is 5.73. The zero-order valence-electron chi connectivity index (χ0n) is 20.2. The van der Waals surface area contributed by atoms with Gasteiger partial charge in [-0.15, -0.1) is 0 Å². The van der Waals surface area contributed by atoms with Crippen LogP contribution in [-0.4, -0.2) is 93.7 Å². The molecule has 0 saturated heterocycles. The van der Waals surface area contributed by atoms with Gasteiger partial charge in [0.25, 0.3) is 0 Å². The van der Waals surface area contributed by atoms with Gasteiger partial charge in [0, 0.05) is 12.8 Å². The van der Waals surface area contributed by atoms with Crippen LogP contribution in [0.5, 0.6) is 0 Å². The molecule has 14 nitrogen and oxygen atoms in total. The number of rotatable bonds is 20. The molecule has 0 heterocycles. The summed E-state index contributed by atoms with van der Waals surface area (Å²) in [4.78, 5) is 71.4. The van der Waals surface area contributed by atoms with Crippen LogP contribution in [0.1, 0.15) is 51.4 Å². The molecule has 0 aliphatic rings. The number of carbonyl (C=O) groups excluding carboxylic acids is 3.